The maximum atomic E-state index is 13.1. The third-order valence-electron chi connectivity index (χ3n) is 17.5. The van der Waals surface area contributed by atoms with E-state index < -0.39 is 20.0 Å². The average molecular weight is 1290 g/mol. The van der Waals surface area contributed by atoms with Gasteiger partial charge in [-0.1, -0.05) is 374 Å². The second-order valence-electron chi connectivity index (χ2n) is 27.7. The lowest BCUT2D eigenvalue weighted by molar-refractivity contribution is -0.870. The minimum Gasteiger partial charge on any atom is -0.387 e. The predicted octanol–water partition coefficient (Wildman–Crippen LogP) is 25.6. The summed E-state index contributed by atoms with van der Waals surface area (Å²) in [5.74, 6) is -0.183. The first-order valence-corrected chi connectivity index (χ1v) is 40.6. The SMILES string of the molecule is CC/C=C\C/C=C\C/C=C\C/C=C\C/C=C\C/C=C\CCCCCCCCCCCCCCCCCCCCC(=O)NC(COP(=O)(O)OCC[N+](C)(C)C)C(O)/C=C/CC/C=C/CCCCCCCCCCCCCCCCCCCCCCCCCCCC. The molecule has 0 rings (SSSR count). The first-order valence-electron chi connectivity index (χ1n) is 39.1. The molecule has 0 aliphatic heterocycles. The number of nitrogens with one attached hydrogen (secondary N) is 1. The molecular formula is C82H152N2O6P+. The molecule has 0 fully saturated rings. The molecule has 530 valence electrons. The van der Waals surface area contributed by atoms with Gasteiger partial charge in [-0.05, 0) is 83.5 Å². The molecule has 91 heavy (non-hydrogen) atoms. The van der Waals surface area contributed by atoms with Crippen molar-refractivity contribution in [3.8, 4) is 0 Å². The van der Waals surface area contributed by atoms with Crippen molar-refractivity contribution in [3.05, 3.63) is 97.2 Å². The fraction of sp³-hybridized carbons (Fsp3) is 0.793. The Balaban J connectivity index is 4.03. The molecule has 0 aromatic carbocycles. The van der Waals surface area contributed by atoms with Crippen molar-refractivity contribution in [3.63, 3.8) is 0 Å². The fourth-order valence-corrected chi connectivity index (χ4v) is 12.3. The smallest absolute Gasteiger partial charge is 0.387 e. The van der Waals surface area contributed by atoms with Crippen molar-refractivity contribution in [2.75, 3.05) is 40.9 Å². The Morgan fingerprint density at radius 1 is 0.385 bits per heavy atom. The van der Waals surface area contributed by atoms with Gasteiger partial charge in [0, 0.05) is 6.42 Å². The van der Waals surface area contributed by atoms with Crippen molar-refractivity contribution in [2.24, 2.45) is 0 Å². The number of hydrogen-bond acceptors (Lipinski definition) is 5. The van der Waals surface area contributed by atoms with Crippen LogP contribution in [0.25, 0.3) is 0 Å². The van der Waals surface area contributed by atoms with Crippen LogP contribution in [0.4, 0.5) is 0 Å². The highest BCUT2D eigenvalue weighted by molar-refractivity contribution is 7.47. The van der Waals surface area contributed by atoms with Crippen molar-refractivity contribution in [2.45, 2.75) is 379 Å². The first-order chi connectivity index (χ1) is 44.5. The Kier molecular flexibility index (Phi) is 69.7. The van der Waals surface area contributed by atoms with Gasteiger partial charge in [0.2, 0.25) is 5.91 Å². The number of hydrogen-bond donors (Lipinski definition) is 3. The fourth-order valence-electron chi connectivity index (χ4n) is 11.5. The van der Waals surface area contributed by atoms with Gasteiger partial charge in [0.05, 0.1) is 39.9 Å². The number of carbonyl (C=O) groups is 1. The molecule has 0 bridgehead atoms. The van der Waals surface area contributed by atoms with Gasteiger partial charge in [-0.25, -0.2) is 4.57 Å². The Bertz CT molecular complexity index is 1810. The van der Waals surface area contributed by atoms with E-state index in [2.05, 4.69) is 104 Å². The van der Waals surface area contributed by atoms with E-state index in [4.69, 9.17) is 9.05 Å². The molecule has 1 amide bonds. The molecule has 0 spiro atoms. The van der Waals surface area contributed by atoms with Crippen LogP contribution in [0, 0.1) is 0 Å². The third-order valence-corrected chi connectivity index (χ3v) is 18.5. The molecule has 3 N–H and O–H groups in total. The van der Waals surface area contributed by atoms with Crippen molar-refractivity contribution < 1.29 is 32.9 Å². The van der Waals surface area contributed by atoms with E-state index in [0.29, 0.717) is 17.4 Å². The van der Waals surface area contributed by atoms with E-state index in [1.807, 2.05) is 27.2 Å². The summed E-state index contributed by atoms with van der Waals surface area (Å²) in [4.78, 5) is 23.5. The van der Waals surface area contributed by atoms with Gasteiger partial charge >= 0.3 is 7.82 Å². The lowest BCUT2D eigenvalue weighted by Gasteiger charge is -2.25. The number of quaternary nitrogens is 1. The number of amides is 1. The predicted molar refractivity (Wildman–Crippen MR) is 401 cm³/mol. The van der Waals surface area contributed by atoms with Crippen LogP contribution in [0.1, 0.15) is 367 Å². The average Bonchev–Trinajstić information content (AvgIpc) is 3.42. The van der Waals surface area contributed by atoms with Crippen molar-refractivity contribution in [1.29, 1.82) is 0 Å². The number of rotatable bonds is 72. The highest BCUT2D eigenvalue weighted by atomic mass is 31.2. The van der Waals surface area contributed by atoms with E-state index >= 15 is 0 Å². The Morgan fingerprint density at radius 3 is 1.01 bits per heavy atom. The Hall–Kier alpha value is -2.58. The largest absolute Gasteiger partial charge is 0.472 e. The lowest BCUT2D eigenvalue weighted by atomic mass is 10.0. The number of likely N-dealkylation sites (N-methyl/N-ethyl adjacent to an activating group) is 1. The molecule has 3 unspecified atom stereocenters. The monoisotopic (exact) mass is 1290 g/mol. The number of unbranched alkanes of at least 4 members (excludes halogenated alkanes) is 45. The molecule has 0 aromatic heterocycles. The molecule has 0 heterocycles. The standard InChI is InChI=1S/C82H151N2O6P/c1-6-8-10-12-14-16-18-20-22-24-26-28-30-32-34-36-38-40-41-42-43-44-46-48-50-52-54-56-58-60-62-64-66-68-70-72-74-76-82(86)83-80(79-90-91(87,88)89-78-77-84(3,4)5)81(85)75-73-71-69-67-65-63-61-59-57-55-53-51-49-47-45-39-37-35-33-31-29-27-25-23-21-19-17-15-13-11-9-7-2/h8,10,14,16,20,22,26,28,32,34,38,40,65,67,73,75,80-81,85H,6-7,9,11-13,15,17-19,21,23-25,27,29-31,33,35-37,39,41-64,66,68-72,74,76-79H2,1-5H3,(H-,83,86,87,88)/p+1/b10-8-,16-14-,22-20-,28-26-,34-32-,40-38-,67-65+,75-73+. The van der Waals surface area contributed by atoms with Gasteiger partial charge in [0.1, 0.15) is 13.2 Å². The van der Waals surface area contributed by atoms with Gasteiger partial charge in [-0.2, -0.15) is 0 Å². The molecular weight excluding hydrogens is 1140 g/mol. The number of nitrogens with zero attached hydrogens (tertiary/aromatic N) is 1. The second-order valence-corrected chi connectivity index (χ2v) is 29.2. The molecule has 0 aliphatic carbocycles. The van der Waals surface area contributed by atoms with Crippen LogP contribution < -0.4 is 5.32 Å². The van der Waals surface area contributed by atoms with Crippen LogP contribution >= 0.6 is 7.82 Å². The summed E-state index contributed by atoms with van der Waals surface area (Å²) < 4.78 is 23.9. The molecule has 8 nitrogen and oxygen atoms in total. The summed E-state index contributed by atoms with van der Waals surface area (Å²) in [6.07, 6.45) is 105. The second kappa shape index (κ2) is 71.7. The summed E-state index contributed by atoms with van der Waals surface area (Å²) in [6.45, 7) is 4.72. The van der Waals surface area contributed by atoms with Gasteiger partial charge in [0.15, 0.2) is 0 Å². The van der Waals surface area contributed by atoms with Crippen LogP contribution in [-0.2, 0) is 18.4 Å². The van der Waals surface area contributed by atoms with Crippen LogP contribution in [0.2, 0.25) is 0 Å². The molecule has 0 aliphatic rings. The van der Waals surface area contributed by atoms with E-state index in [1.165, 1.54) is 270 Å². The van der Waals surface area contributed by atoms with Crippen LogP contribution in [0.3, 0.4) is 0 Å². The van der Waals surface area contributed by atoms with Crippen LogP contribution in [0.5, 0.6) is 0 Å². The molecule has 3 atom stereocenters. The van der Waals surface area contributed by atoms with Gasteiger partial charge in [-0.15, -0.1) is 0 Å². The number of aliphatic hydroxyl groups is 1. The van der Waals surface area contributed by atoms with E-state index in [-0.39, 0.29) is 19.1 Å². The maximum Gasteiger partial charge on any atom is 0.472 e. The highest BCUT2D eigenvalue weighted by Gasteiger charge is 2.28. The molecule has 0 saturated heterocycles. The topological polar surface area (TPSA) is 105 Å². The lowest BCUT2D eigenvalue weighted by Crippen LogP contribution is -2.45. The molecule has 0 radical (unpaired) electrons. The third kappa shape index (κ3) is 74.7. The summed E-state index contributed by atoms with van der Waals surface area (Å²) >= 11 is 0. The minimum atomic E-state index is -4.37. The number of phosphoric ester groups is 1. The van der Waals surface area contributed by atoms with Crippen LogP contribution in [0.15, 0.2) is 97.2 Å². The molecule has 0 saturated carbocycles. The van der Waals surface area contributed by atoms with E-state index in [0.717, 1.165) is 77.0 Å². The Labute approximate surface area is 566 Å². The van der Waals surface area contributed by atoms with E-state index in [9.17, 15) is 19.4 Å². The Morgan fingerprint density at radius 2 is 0.670 bits per heavy atom. The summed E-state index contributed by atoms with van der Waals surface area (Å²) in [6, 6.07) is -0.869. The molecule has 9 heteroatoms. The maximum absolute atomic E-state index is 13.1. The van der Waals surface area contributed by atoms with Gasteiger partial charge < -0.3 is 19.8 Å². The number of aliphatic hydroxyl groups excluding tert-OH is 1. The van der Waals surface area contributed by atoms with Gasteiger partial charge in [-0.3, -0.25) is 13.8 Å². The zero-order valence-electron chi connectivity index (χ0n) is 60.8. The van der Waals surface area contributed by atoms with Crippen molar-refractivity contribution >= 4 is 13.7 Å². The number of phosphoric acid groups is 1. The van der Waals surface area contributed by atoms with Crippen molar-refractivity contribution in [1.82, 2.24) is 5.32 Å². The summed E-state index contributed by atoms with van der Waals surface area (Å²) in [7, 11) is 1.56. The van der Waals surface area contributed by atoms with E-state index in [1.54, 1.807) is 6.08 Å². The van der Waals surface area contributed by atoms with Gasteiger partial charge in [0.25, 0.3) is 0 Å². The number of allylic oxidation sites excluding steroid dienone is 15. The highest BCUT2D eigenvalue weighted by Crippen LogP contribution is 2.43. The number of carbonyl (C=O) groups excluding carboxylic acids is 1. The zero-order chi connectivity index (χ0) is 66.2. The summed E-state index contributed by atoms with van der Waals surface area (Å²) in [5.41, 5.74) is 0. The quantitative estimate of drug-likeness (QED) is 0.0243. The zero-order valence-corrected chi connectivity index (χ0v) is 61.7. The normalized spacial score (nSPS) is 14.1. The first kappa shape index (κ1) is 88.4. The summed E-state index contributed by atoms with van der Waals surface area (Å²) in [5, 5.41) is 14.0. The minimum absolute atomic E-state index is 0.0546. The van der Waals surface area contributed by atoms with Crippen LogP contribution in [-0.4, -0.2) is 73.4 Å². The molecule has 0 aromatic rings.